The molecule has 0 unspecified atom stereocenters. The largest absolute Gasteiger partial charge is 0.497 e. The van der Waals surface area contributed by atoms with E-state index in [1.165, 1.54) is 29.0 Å². The Kier molecular flexibility index (Phi) is 5.01. The molecule has 0 aliphatic carbocycles. The van der Waals surface area contributed by atoms with Crippen molar-refractivity contribution in [1.29, 1.82) is 0 Å². The summed E-state index contributed by atoms with van der Waals surface area (Å²) in [6, 6.07) is 17.3. The second-order valence-electron chi connectivity index (χ2n) is 5.44. The van der Waals surface area contributed by atoms with E-state index >= 15 is 0 Å². The van der Waals surface area contributed by atoms with Crippen LogP contribution < -0.4 is 10.3 Å². The summed E-state index contributed by atoms with van der Waals surface area (Å²) in [5, 5.41) is 0.620. The lowest BCUT2D eigenvalue weighted by molar-refractivity contribution is 0.415. The number of H-pyrrole nitrogens is 1. The van der Waals surface area contributed by atoms with Gasteiger partial charge < -0.3 is 9.72 Å². The predicted octanol–water partition coefficient (Wildman–Crippen LogP) is 4.05. The maximum absolute atomic E-state index is 11.9. The molecule has 0 spiro atoms. The van der Waals surface area contributed by atoms with E-state index in [0.29, 0.717) is 10.9 Å². The van der Waals surface area contributed by atoms with Crippen molar-refractivity contribution in [1.82, 2.24) is 9.97 Å². The third-order valence-corrected chi connectivity index (χ3v) is 4.51. The highest BCUT2D eigenvalue weighted by Gasteiger charge is 2.06. The van der Waals surface area contributed by atoms with Gasteiger partial charge in [0.2, 0.25) is 0 Å². The van der Waals surface area contributed by atoms with E-state index in [-0.39, 0.29) is 5.56 Å². The van der Waals surface area contributed by atoms with Crippen LogP contribution in [0.25, 0.3) is 11.3 Å². The van der Waals surface area contributed by atoms with Gasteiger partial charge >= 0.3 is 0 Å². The first-order valence-electron chi connectivity index (χ1n) is 7.58. The Bertz CT molecular complexity index is 888. The molecule has 0 atom stereocenters. The van der Waals surface area contributed by atoms with Crippen molar-refractivity contribution in [2.45, 2.75) is 17.8 Å². The third kappa shape index (κ3) is 4.06. The SMILES string of the molecule is COc1ccc(-c2cc(=O)[nH]c(SCc3cccc(C)c3)n2)cc1. The highest BCUT2D eigenvalue weighted by Crippen LogP contribution is 2.23. The number of hydrogen-bond donors (Lipinski definition) is 1. The van der Waals surface area contributed by atoms with Gasteiger partial charge in [0.05, 0.1) is 12.8 Å². The minimum absolute atomic E-state index is 0.150. The molecule has 4 nitrogen and oxygen atoms in total. The Balaban J connectivity index is 1.81. The van der Waals surface area contributed by atoms with Gasteiger partial charge in [0, 0.05) is 17.4 Å². The van der Waals surface area contributed by atoms with E-state index in [4.69, 9.17) is 4.74 Å². The van der Waals surface area contributed by atoms with Crippen molar-refractivity contribution in [3.8, 4) is 17.0 Å². The zero-order valence-corrected chi connectivity index (χ0v) is 14.4. The van der Waals surface area contributed by atoms with E-state index < -0.39 is 0 Å². The molecule has 0 aliphatic heterocycles. The number of aromatic nitrogens is 2. The quantitative estimate of drug-likeness (QED) is 0.563. The fourth-order valence-electron chi connectivity index (χ4n) is 2.37. The highest BCUT2D eigenvalue weighted by molar-refractivity contribution is 7.98. The summed E-state index contributed by atoms with van der Waals surface area (Å²) in [5.74, 6) is 1.54. The molecule has 2 aromatic carbocycles. The number of nitrogens with one attached hydrogen (secondary N) is 1. The number of aromatic amines is 1. The highest BCUT2D eigenvalue weighted by atomic mass is 32.2. The summed E-state index contributed by atoms with van der Waals surface area (Å²) < 4.78 is 5.16. The number of benzene rings is 2. The van der Waals surface area contributed by atoms with Gasteiger partial charge in [-0.05, 0) is 36.8 Å². The van der Waals surface area contributed by atoms with Gasteiger partial charge in [-0.1, -0.05) is 41.6 Å². The second-order valence-corrected chi connectivity index (χ2v) is 6.41. The van der Waals surface area contributed by atoms with E-state index in [1.54, 1.807) is 7.11 Å². The average molecular weight is 338 g/mol. The third-order valence-electron chi connectivity index (χ3n) is 3.56. The summed E-state index contributed by atoms with van der Waals surface area (Å²) in [7, 11) is 1.63. The topological polar surface area (TPSA) is 55.0 Å². The van der Waals surface area contributed by atoms with Crippen LogP contribution in [-0.4, -0.2) is 17.1 Å². The van der Waals surface area contributed by atoms with E-state index in [0.717, 1.165) is 17.1 Å². The van der Waals surface area contributed by atoms with Gasteiger partial charge in [0.15, 0.2) is 5.16 Å². The van der Waals surface area contributed by atoms with Crippen LogP contribution in [0.2, 0.25) is 0 Å². The monoisotopic (exact) mass is 338 g/mol. The van der Waals surface area contributed by atoms with Crippen LogP contribution >= 0.6 is 11.8 Å². The molecular formula is C19H18N2O2S. The standard InChI is InChI=1S/C19H18N2O2S/c1-13-4-3-5-14(10-13)12-24-19-20-17(11-18(22)21-19)15-6-8-16(23-2)9-7-15/h3-11H,12H2,1-2H3,(H,20,21,22). The van der Waals surface area contributed by atoms with Crippen molar-refractivity contribution in [2.24, 2.45) is 0 Å². The van der Waals surface area contributed by atoms with E-state index in [1.807, 2.05) is 30.3 Å². The first-order chi connectivity index (χ1) is 11.6. The summed E-state index contributed by atoms with van der Waals surface area (Å²) in [4.78, 5) is 19.3. The Morgan fingerprint density at radius 1 is 1.12 bits per heavy atom. The minimum atomic E-state index is -0.150. The zero-order chi connectivity index (χ0) is 16.9. The fraction of sp³-hybridized carbons (Fsp3) is 0.158. The molecule has 1 N–H and O–H groups in total. The number of methoxy groups -OCH3 is 1. The molecule has 1 heterocycles. The van der Waals surface area contributed by atoms with Gasteiger partial charge in [-0.2, -0.15) is 0 Å². The number of thioether (sulfide) groups is 1. The van der Waals surface area contributed by atoms with Crippen LogP contribution in [0.4, 0.5) is 0 Å². The first kappa shape index (κ1) is 16.3. The zero-order valence-electron chi connectivity index (χ0n) is 13.6. The van der Waals surface area contributed by atoms with Gasteiger partial charge in [-0.15, -0.1) is 0 Å². The van der Waals surface area contributed by atoms with Crippen LogP contribution in [0.3, 0.4) is 0 Å². The number of aryl methyl sites for hydroxylation is 1. The van der Waals surface area contributed by atoms with Gasteiger partial charge in [0.25, 0.3) is 5.56 Å². The molecule has 0 fully saturated rings. The molecule has 0 saturated carbocycles. The van der Waals surface area contributed by atoms with Crippen LogP contribution in [-0.2, 0) is 5.75 Å². The summed E-state index contributed by atoms with van der Waals surface area (Å²) in [5.41, 5.74) is 3.83. The van der Waals surface area contributed by atoms with Crippen molar-refractivity contribution in [2.75, 3.05) is 7.11 Å². The molecule has 24 heavy (non-hydrogen) atoms. The molecule has 0 aliphatic rings. The normalized spacial score (nSPS) is 10.6. The molecule has 1 aromatic heterocycles. The summed E-state index contributed by atoms with van der Waals surface area (Å²) >= 11 is 1.52. The number of ether oxygens (including phenoxy) is 1. The molecule has 0 radical (unpaired) electrons. The number of hydrogen-bond acceptors (Lipinski definition) is 4. The van der Waals surface area contributed by atoms with Crippen molar-refractivity contribution in [3.63, 3.8) is 0 Å². The predicted molar refractivity (Wildman–Crippen MR) is 97.6 cm³/mol. The van der Waals surface area contributed by atoms with Gasteiger partial charge in [-0.25, -0.2) is 4.98 Å². The van der Waals surface area contributed by atoms with Gasteiger partial charge in [0.1, 0.15) is 5.75 Å². The lowest BCUT2D eigenvalue weighted by atomic mass is 10.1. The molecule has 3 aromatic rings. The van der Waals surface area contributed by atoms with Crippen LogP contribution in [0.5, 0.6) is 5.75 Å². The molecule has 0 amide bonds. The molecular weight excluding hydrogens is 320 g/mol. The van der Waals surface area contributed by atoms with Crippen molar-refractivity contribution >= 4 is 11.8 Å². The summed E-state index contributed by atoms with van der Waals surface area (Å²) in [6.07, 6.45) is 0. The van der Waals surface area contributed by atoms with Crippen molar-refractivity contribution in [3.05, 3.63) is 76.1 Å². The fourth-order valence-corrected chi connectivity index (χ4v) is 3.19. The average Bonchev–Trinajstić information content (AvgIpc) is 2.60. The van der Waals surface area contributed by atoms with E-state index in [2.05, 4.69) is 35.1 Å². The molecule has 0 bridgehead atoms. The lowest BCUT2D eigenvalue weighted by Crippen LogP contribution is -2.08. The smallest absolute Gasteiger partial charge is 0.252 e. The molecule has 0 saturated heterocycles. The number of rotatable bonds is 5. The van der Waals surface area contributed by atoms with Crippen LogP contribution in [0, 0.1) is 6.92 Å². The molecule has 122 valence electrons. The maximum Gasteiger partial charge on any atom is 0.252 e. The summed E-state index contributed by atoms with van der Waals surface area (Å²) in [6.45, 7) is 2.07. The van der Waals surface area contributed by atoms with Gasteiger partial charge in [-0.3, -0.25) is 4.79 Å². The number of nitrogens with zero attached hydrogens (tertiary/aromatic N) is 1. The lowest BCUT2D eigenvalue weighted by Gasteiger charge is -2.06. The Morgan fingerprint density at radius 2 is 1.92 bits per heavy atom. The van der Waals surface area contributed by atoms with Crippen LogP contribution in [0.1, 0.15) is 11.1 Å². The Hall–Kier alpha value is -2.53. The first-order valence-corrected chi connectivity index (χ1v) is 8.57. The van der Waals surface area contributed by atoms with Crippen molar-refractivity contribution < 1.29 is 4.74 Å². The van der Waals surface area contributed by atoms with E-state index in [9.17, 15) is 4.79 Å². The Labute approximate surface area is 144 Å². The molecule has 3 rings (SSSR count). The minimum Gasteiger partial charge on any atom is -0.497 e. The maximum atomic E-state index is 11.9. The van der Waals surface area contributed by atoms with Crippen LogP contribution in [0.15, 0.2) is 64.5 Å². The molecule has 5 heteroatoms. The second kappa shape index (κ2) is 7.36. The Morgan fingerprint density at radius 3 is 2.62 bits per heavy atom.